The van der Waals surface area contributed by atoms with Crippen LogP contribution in [0.15, 0.2) is 180 Å². The molecule has 2 aromatic heterocycles. The summed E-state index contributed by atoms with van der Waals surface area (Å²) in [5.41, 5.74) is 16.9. The monoisotopic (exact) mass is 761 g/mol. The number of aromatic nitrogens is 2. The Balaban J connectivity index is 1.01. The second-order valence-electron chi connectivity index (χ2n) is 15.9. The number of nitrogens with zero attached hydrogens (tertiary/aromatic N) is 5. The molecule has 3 heterocycles. The molecule has 7 aromatic carbocycles. The van der Waals surface area contributed by atoms with Crippen molar-refractivity contribution in [3.63, 3.8) is 0 Å². The van der Waals surface area contributed by atoms with Crippen molar-refractivity contribution in [3.05, 3.63) is 209 Å². The average Bonchev–Trinajstić information content (AvgIpc) is 3.80. The third kappa shape index (κ3) is 5.84. The fourth-order valence-electron chi connectivity index (χ4n) is 9.45. The average molecular weight is 762 g/mol. The van der Waals surface area contributed by atoms with Gasteiger partial charge in [0.15, 0.2) is 5.84 Å². The van der Waals surface area contributed by atoms with Crippen molar-refractivity contribution < 1.29 is 0 Å². The molecule has 0 bridgehead atoms. The molecule has 59 heavy (non-hydrogen) atoms. The largest absolute Gasteiger partial charge is 0.333 e. The zero-order chi connectivity index (χ0) is 39.6. The number of para-hydroxylation sites is 1. The van der Waals surface area contributed by atoms with Crippen LogP contribution in [-0.2, 0) is 6.42 Å². The molecule has 284 valence electrons. The number of fused-ring (bicyclic) bond motifs is 6. The van der Waals surface area contributed by atoms with E-state index in [4.69, 9.17) is 9.98 Å². The topological polar surface area (TPSA) is 37.8 Å². The molecule has 1 aliphatic heterocycles. The van der Waals surface area contributed by atoms with Gasteiger partial charge < -0.3 is 14.0 Å². The summed E-state index contributed by atoms with van der Waals surface area (Å²) in [4.78, 5) is 12.5. The van der Waals surface area contributed by atoms with Crippen LogP contribution in [0.2, 0.25) is 0 Å². The number of rotatable bonds is 6. The van der Waals surface area contributed by atoms with Crippen molar-refractivity contribution in [2.45, 2.75) is 32.9 Å². The molecule has 0 saturated carbocycles. The Morgan fingerprint density at radius 2 is 1.19 bits per heavy atom. The van der Waals surface area contributed by atoms with Gasteiger partial charge in [-0.2, -0.15) is 0 Å². The van der Waals surface area contributed by atoms with Gasteiger partial charge in [-0.15, -0.1) is 0 Å². The summed E-state index contributed by atoms with van der Waals surface area (Å²) in [6.07, 6.45) is 6.54. The van der Waals surface area contributed by atoms with Crippen molar-refractivity contribution in [1.29, 1.82) is 0 Å². The highest BCUT2D eigenvalue weighted by molar-refractivity contribution is 6.14. The minimum absolute atomic E-state index is 0.192. The smallest absolute Gasteiger partial charge is 0.159 e. The molecule has 5 nitrogen and oxygen atoms in total. The summed E-state index contributed by atoms with van der Waals surface area (Å²) in [5, 5.41) is 3.87. The summed E-state index contributed by atoms with van der Waals surface area (Å²) in [7, 11) is 2.09. The Morgan fingerprint density at radius 3 is 1.92 bits per heavy atom. The highest BCUT2D eigenvalue weighted by atomic mass is 15.3. The van der Waals surface area contributed by atoms with Crippen LogP contribution in [0, 0.1) is 13.8 Å². The first-order chi connectivity index (χ1) is 29.0. The van der Waals surface area contributed by atoms with Crippen LogP contribution in [0.1, 0.15) is 51.7 Å². The van der Waals surface area contributed by atoms with Gasteiger partial charge in [0.05, 0.1) is 16.6 Å². The molecule has 2 aliphatic rings. The van der Waals surface area contributed by atoms with Gasteiger partial charge in [0.1, 0.15) is 12.0 Å². The first-order valence-electron chi connectivity index (χ1n) is 20.6. The van der Waals surface area contributed by atoms with E-state index < -0.39 is 0 Å². The summed E-state index contributed by atoms with van der Waals surface area (Å²) in [5.74, 6) is 1.64. The third-order valence-corrected chi connectivity index (χ3v) is 12.2. The fourth-order valence-corrected chi connectivity index (χ4v) is 9.45. The predicted octanol–water partition coefficient (Wildman–Crippen LogP) is 12.8. The van der Waals surface area contributed by atoms with Crippen LogP contribution in [0.5, 0.6) is 0 Å². The summed E-state index contributed by atoms with van der Waals surface area (Å²) in [6, 6.07) is 59.1. The molecule has 1 atom stereocenters. The number of aryl methyl sites for hydroxylation is 3. The van der Waals surface area contributed by atoms with Crippen LogP contribution in [-0.4, -0.2) is 32.8 Å². The maximum Gasteiger partial charge on any atom is 0.159 e. The van der Waals surface area contributed by atoms with E-state index in [1.165, 1.54) is 71.9 Å². The number of benzene rings is 7. The number of amidine groups is 2. The quantitative estimate of drug-likeness (QED) is 0.166. The summed E-state index contributed by atoms with van der Waals surface area (Å²) < 4.78 is 4.86. The van der Waals surface area contributed by atoms with Gasteiger partial charge in [-0.05, 0) is 127 Å². The highest BCUT2D eigenvalue weighted by Gasteiger charge is 2.27. The molecule has 0 amide bonds. The van der Waals surface area contributed by atoms with Crippen LogP contribution in [0.4, 0.5) is 0 Å². The van der Waals surface area contributed by atoms with E-state index in [1.807, 2.05) is 24.3 Å². The van der Waals surface area contributed by atoms with E-state index in [-0.39, 0.29) is 6.17 Å². The molecule has 1 aliphatic carbocycles. The molecular formula is C54H43N5. The van der Waals surface area contributed by atoms with Gasteiger partial charge in [-0.25, -0.2) is 9.98 Å². The molecule has 0 N–H and O–H groups in total. The van der Waals surface area contributed by atoms with E-state index >= 15 is 0 Å². The number of aliphatic imine (C=N–C) groups is 2. The van der Waals surface area contributed by atoms with Crippen molar-refractivity contribution in [1.82, 2.24) is 14.0 Å². The zero-order valence-electron chi connectivity index (χ0n) is 33.5. The lowest BCUT2D eigenvalue weighted by Crippen LogP contribution is -2.35. The molecule has 11 rings (SSSR count). The van der Waals surface area contributed by atoms with E-state index in [0.717, 1.165) is 46.9 Å². The maximum absolute atomic E-state index is 5.17. The Bertz CT molecular complexity index is 3170. The Morgan fingerprint density at radius 1 is 0.559 bits per heavy atom. The van der Waals surface area contributed by atoms with Crippen LogP contribution < -0.4 is 0 Å². The fraction of sp³-hybridized carbons (Fsp3) is 0.111. The lowest BCUT2D eigenvalue weighted by molar-refractivity contribution is 0.383. The van der Waals surface area contributed by atoms with Gasteiger partial charge in [-0.1, -0.05) is 109 Å². The minimum Gasteiger partial charge on any atom is -0.333 e. The number of hydrogen-bond acceptors (Lipinski definition) is 3. The van der Waals surface area contributed by atoms with Crippen LogP contribution in [0.25, 0.3) is 61.3 Å². The van der Waals surface area contributed by atoms with Crippen molar-refractivity contribution in [2.24, 2.45) is 9.98 Å². The molecule has 0 radical (unpaired) electrons. The molecule has 5 heteroatoms. The third-order valence-electron chi connectivity index (χ3n) is 12.2. The molecular weight excluding hydrogens is 719 g/mol. The first kappa shape index (κ1) is 35.0. The SMILES string of the molecule is Cc1cc(C)c2c(c1)c1cc(-c3ccc4c(c3)c3c(n4-c4ccccc4)C=CCC3)ccc1n2-c1ccc(C2=NC(c3ccccc3)=NC(c3ccccc3)N2C)cc1. The summed E-state index contributed by atoms with van der Waals surface area (Å²) >= 11 is 0. The molecule has 0 saturated heterocycles. The zero-order valence-corrected chi connectivity index (χ0v) is 33.5. The second kappa shape index (κ2) is 14.0. The van der Waals surface area contributed by atoms with E-state index in [0.29, 0.717) is 0 Å². The molecule has 0 fully saturated rings. The molecule has 1 unspecified atom stereocenters. The maximum atomic E-state index is 5.17. The highest BCUT2D eigenvalue weighted by Crippen LogP contribution is 2.40. The first-order valence-corrected chi connectivity index (χ1v) is 20.6. The van der Waals surface area contributed by atoms with Crippen LogP contribution >= 0.6 is 0 Å². The lowest BCUT2D eigenvalue weighted by Gasteiger charge is -2.32. The van der Waals surface area contributed by atoms with Gasteiger partial charge in [-0.3, -0.25) is 0 Å². The van der Waals surface area contributed by atoms with Crippen LogP contribution in [0.3, 0.4) is 0 Å². The van der Waals surface area contributed by atoms with E-state index in [1.54, 1.807) is 0 Å². The normalized spacial score (nSPS) is 15.2. The van der Waals surface area contributed by atoms with Crippen molar-refractivity contribution in [3.8, 4) is 22.5 Å². The standard InChI is InChI=1S/C54H43N5/c1-35-31-36(2)51-47(32-35)46-34-41(40-25-29-49-45(33-40)44-21-13-14-22-48(44)58(49)42-19-11-6-12-20-42)26-30-50(46)59(51)43-27-23-39(24-28-43)54-56-52(37-15-7-4-8-16-37)55-53(57(54)3)38-17-9-5-10-18-38/h4-12,14-20,22-34,53H,13,21H2,1-3H3. The second-order valence-corrected chi connectivity index (χ2v) is 15.9. The Labute approximate surface area is 344 Å². The van der Waals surface area contributed by atoms with Gasteiger partial charge in [0.25, 0.3) is 0 Å². The van der Waals surface area contributed by atoms with Crippen molar-refractivity contribution in [2.75, 3.05) is 7.05 Å². The van der Waals surface area contributed by atoms with E-state index in [9.17, 15) is 0 Å². The lowest BCUT2D eigenvalue weighted by atomic mass is 9.97. The molecule has 0 spiro atoms. The van der Waals surface area contributed by atoms with Gasteiger partial charge >= 0.3 is 0 Å². The van der Waals surface area contributed by atoms with Crippen molar-refractivity contribution >= 4 is 50.5 Å². The Hall–Kier alpha value is -7.24. The van der Waals surface area contributed by atoms with Gasteiger partial charge in [0.2, 0.25) is 0 Å². The summed E-state index contributed by atoms with van der Waals surface area (Å²) in [6.45, 7) is 4.44. The number of hydrogen-bond donors (Lipinski definition) is 0. The Kier molecular flexibility index (Phi) is 8.29. The minimum atomic E-state index is -0.192. The predicted molar refractivity (Wildman–Crippen MR) is 246 cm³/mol. The van der Waals surface area contributed by atoms with Gasteiger partial charge in [0, 0.05) is 51.4 Å². The van der Waals surface area contributed by atoms with E-state index in [2.05, 4.69) is 187 Å². The molecule has 9 aromatic rings. The number of allylic oxidation sites excluding steroid dienone is 1.